The van der Waals surface area contributed by atoms with E-state index in [0.717, 1.165) is 36.2 Å². The summed E-state index contributed by atoms with van der Waals surface area (Å²) >= 11 is 1.64. The summed E-state index contributed by atoms with van der Waals surface area (Å²) in [5.41, 5.74) is 6.06. The molecule has 78 valence electrons. The molecule has 0 atom stereocenters. The Morgan fingerprint density at radius 3 is 2.50 bits per heavy atom. The van der Waals surface area contributed by atoms with Crippen molar-refractivity contribution in [1.82, 2.24) is 0 Å². The minimum Gasteiger partial charge on any atom is -0.398 e. The number of nitrogens with two attached hydrogens (primary N) is 1. The van der Waals surface area contributed by atoms with Crippen LogP contribution in [0.1, 0.15) is 41.9 Å². The molecule has 2 rings (SSSR count). The summed E-state index contributed by atoms with van der Waals surface area (Å²) < 4.78 is 0. The molecule has 3 heteroatoms. The minimum absolute atomic E-state index is 0.624. The standard InChI is InChI=1S/C11H17NOS/c1-8-7-9(12)10(14-8)11(13)5-3-2-4-6-11/h7,13H,2-6,12H2,1H3. The van der Waals surface area contributed by atoms with Gasteiger partial charge in [0.1, 0.15) is 5.60 Å². The maximum atomic E-state index is 10.5. The second-order valence-electron chi connectivity index (χ2n) is 4.23. The normalized spacial score (nSPS) is 21.0. The zero-order valence-electron chi connectivity index (χ0n) is 8.55. The fourth-order valence-electron chi connectivity index (χ4n) is 2.26. The second-order valence-corrected chi connectivity index (χ2v) is 5.49. The van der Waals surface area contributed by atoms with Gasteiger partial charge in [0, 0.05) is 10.6 Å². The lowest BCUT2D eigenvalue weighted by atomic mass is 9.83. The van der Waals surface area contributed by atoms with Crippen molar-refractivity contribution in [2.45, 2.75) is 44.6 Å². The molecule has 1 aliphatic rings. The van der Waals surface area contributed by atoms with E-state index >= 15 is 0 Å². The largest absolute Gasteiger partial charge is 0.398 e. The quantitative estimate of drug-likeness (QED) is 0.750. The summed E-state index contributed by atoms with van der Waals surface area (Å²) in [4.78, 5) is 2.19. The highest BCUT2D eigenvalue weighted by Gasteiger charge is 2.34. The van der Waals surface area contributed by atoms with Crippen molar-refractivity contribution in [1.29, 1.82) is 0 Å². The first kappa shape index (κ1) is 9.99. The molecule has 0 spiro atoms. The summed E-state index contributed by atoms with van der Waals surface area (Å²) in [5.74, 6) is 0. The van der Waals surface area contributed by atoms with Crippen LogP contribution in [0, 0.1) is 6.92 Å². The summed E-state index contributed by atoms with van der Waals surface area (Å²) in [6.45, 7) is 2.04. The predicted molar refractivity (Wildman–Crippen MR) is 60.5 cm³/mol. The molecule has 0 amide bonds. The fourth-order valence-corrected chi connectivity index (χ4v) is 3.34. The summed E-state index contributed by atoms with van der Waals surface area (Å²) in [5, 5.41) is 10.5. The Morgan fingerprint density at radius 1 is 1.36 bits per heavy atom. The highest BCUT2D eigenvalue weighted by Crippen LogP contribution is 2.43. The average molecular weight is 211 g/mol. The van der Waals surface area contributed by atoms with Gasteiger partial charge < -0.3 is 10.8 Å². The van der Waals surface area contributed by atoms with Crippen LogP contribution in [0.15, 0.2) is 6.07 Å². The van der Waals surface area contributed by atoms with Crippen LogP contribution in [0.2, 0.25) is 0 Å². The second kappa shape index (κ2) is 3.55. The van der Waals surface area contributed by atoms with Gasteiger partial charge in [0.15, 0.2) is 0 Å². The molecule has 1 saturated carbocycles. The fraction of sp³-hybridized carbons (Fsp3) is 0.636. The Balaban J connectivity index is 2.32. The van der Waals surface area contributed by atoms with Crippen molar-refractivity contribution in [3.63, 3.8) is 0 Å². The molecule has 0 aromatic carbocycles. The van der Waals surface area contributed by atoms with Gasteiger partial charge in [-0.25, -0.2) is 0 Å². The van der Waals surface area contributed by atoms with Crippen molar-refractivity contribution in [2.75, 3.05) is 5.73 Å². The predicted octanol–water partition coefficient (Wildman–Crippen LogP) is 2.79. The monoisotopic (exact) mass is 211 g/mol. The lowest BCUT2D eigenvalue weighted by Gasteiger charge is -2.31. The molecule has 1 heterocycles. The van der Waals surface area contributed by atoms with Crippen molar-refractivity contribution in [2.24, 2.45) is 0 Å². The van der Waals surface area contributed by atoms with Gasteiger partial charge in [0.2, 0.25) is 0 Å². The van der Waals surface area contributed by atoms with E-state index in [4.69, 9.17) is 5.73 Å². The third-order valence-electron chi connectivity index (χ3n) is 2.99. The first-order valence-corrected chi connectivity index (χ1v) is 6.02. The molecule has 1 aliphatic carbocycles. The third-order valence-corrected chi connectivity index (χ3v) is 4.25. The molecule has 0 unspecified atom stereocenters. The van der Waals surface area contributed by atoms with E-state index in [2.05, 4.69) is 0 Å². The van der Waals surface area contributed by atoms with E-state index in [1.165, 1.54) is 11.3 Å². The number of rotatable bonds is 1. The average Bonchev–Trinajstić information content (AvgIpc) is 2.47. The minimum atomic E-state index is -0.624. The number of hydrogen-bond acceptors (Lipinski definition) is 3. The van der Waals surface area contributed by atoms with Crippen molar-refractivity contribution >= 4 is 17.0 Å². The van der Waals surface area contributed by atoms with Crippen LogP contribution in [0.4, 0.5) is 5.69 Å². The lowest BCUT2D eigenvalue weighted by Crippen LogP contribution is -2.28. The molecule has 1 fully saturated rings. The van der Waals surface area contributed by atoms with Gasteiger partial charge in [-0.2, -0.15) is 0 Å². The van der Waals surface area contributed by atoms with Crippen LogP contribution in [-0.4, -0.2) is 5.11 Å². The molecule has 0 bridgehead atoms. The van der Waals surface area contributed by atoms with Crippen LogP contribution in [0.3, 0.4) is 0 Å². The zero-order valence-corrected chi connectivity index (χ0v) is 9.36. The molecule has 0 radical (unpaired) electrons. The number of aryl methyl sites for hydroxylation is 1. The lowest BCUT2D eigenvalue weighted by molar-refractivity contribution is 0.00347. The molecule has 0 saturated heterocycles. The molecule has 2 nitrogen and oxygen atoms in total. The molecule has 3 N–H and O–H groups in total. The van der Waals surface area contributed by atoms with E-state index in [-0.39, 0.29) is 0 Å². The van der Waals surface area contributed by atoms with Crippen LogP contribution in [0.25, 0.3) is 0 Å². The van der Waals surface area contributed by atoms with Gasteiger partial charge >= 0.3 is 0 Å². The van der Waals surface area contributed by atoms with Gasteiger partial charge in [-0.05, 0) is 25.8 Å². The summed E-state index contributed by atoms with van der Waals surface area (Å²) in [6.07, 6.45) is 5.22. The van der Waals surface area contributed by atoms with E-state index in [1.807, 2.05) is 13.0 Å². The zero-order chi connectivity index (χ0) is 10.2. The van der Waals surface area contributed by atoms with Crippen molar-refractivity contribution in [3.05, 3.63) is 15.8 Å². The van der Waals surface area contributed by atoms with Gasteiger partial charge in [-0.3, -0.25) is 0 Å². The number of hydrogen-bond donors (Lipinski definition) is 2. The van der Waals surface area contributed by atoms with Crippen LogP contribution in [0.5, 0.6) is 0 Å². The Kier molecular flexibility index (Phi) is 2.54. The SMILES string of the molecule is Cc1cc(N)c(C2(O)CCCCC2)s1. The van der Waals surface area contributed by atoms with E-state index in [1.54, 1.807) is 11.3 Å². The molecule has 1 aromatic rings. The van der Waals surface area contributed by atoms with Crippen molar-refractivity contribution in [3.8, 4) is 0 Å². The highest BCUT2D eigenvalue weighted by molar-refractivity contribution is 7.12. The molecular formula is C11H17NOS. The molecular weight excluding hydrogens is 194 g/mol. The molecule has 0 aliphatic heterocycles. The maximum Gasteiger partial charge on any atom is 0.101 e. The van der Waals surface area contributed by atoms with E-state index < -0.39 is 5.60 Å². The Morgan fingerprint density at radius 2 is 2.00 bits per heavy atom. The summed E-state index contributed by atoms with van der Waals surface area (Å²) in [7, 11) is 0. The Bertz CT molecular complexity index is 326. The highest BCUT2D eigenvalue weighted by atomic mass is 32.1. The first-order chi connectivity index (χ1) is 6.62. The van der Waals surface area contributed by atoms with E-state index in [9.17, 15) is 5.11 Å². The van der Waals surface area contributed by atoms with Crippen LogP contribution >= 0.6 is 11.3 Å². The summed E-state index contributed by atoms with van der Waals surface area (Å²) in [6, 6.07) is 1.96. The smallest absolute Gasteiger partial charge is 0.101 e. The first-order valence-electron chi connectivity index (χ1n) is 5.20. The van der Waals surface area contributed by atoms with Crippen molar-refractivity contribution < 1.29 is 5.11 Å². The van der Waals surface area contributed by atoms with Gasteiger partial charge in [0.25, 0.3) is 0 Å². The van der Waals surface area contributed by atoms with Gasteiger partial charge in [-0.1, -0.05) is 19.3 Å². The number of thiophene rings is 1. The van der Waals surface area contributed by atoms with E-state index in [0.29, 0.717) is 0 Å². The van der Waals surface area contributed by atoms with Gasteiger partial charge in [-0.15, -0.1) is 11.3 Å². The van der Waals surface area contributed by atoms with Gasteiger partial charge in [0.05, 0.1) is 4.88 Å². The topological polar surface area (TPSA) is 46.2 Å². The molecule has 1 aromatic heterocycles. The Hall–Kier alpha value is -0.540. The maximum absolute atomic E-state index is 10.5. The number of nitrogen functional groups attached to an aromatic ring is 1. The Labute approximate surface area is 88.8 Å². The number of anilines is 1. The third kappa shape index (κ3) is 1.66. The molecule has 14 heavy (non-hydrogen) atoms. The van der Waals surface area contributed by atoms with Crippen LogP contribution < -0.4 is 5.73 Å². The van der Waals surface area contributed by atoms with Crippen LogP contribution in [-0.2, 0) is 5.60 Å². The number of aliphatic hydroxyl groups is 1.